The quantitative estimate of drug-likeness (QED) is 0.818. The van der Waals surface area contributed by atoms with Crippen molar-refractivity contribution in [2.45, 2.75) is 26.2 Å². The van der Waals surface area contributed by atoms with Gasteiger partial charge in [-0.1, -0.05) is 0 Å². The van der Waals surface area contributed by atoms with E-state index in [2.05, 4.69) is 15.5 Å². The van der Waals surface area contributed by atoms with E-state index in [1.807, 2.05) is 24.3 Å². The third-order valence-electron chi connectivity index (χ3n) is 4.42. The van der Waals surface area contributed by atoms with Gasteiger partial charge in [-0.25, -0.2) is 0 Å². The summed E-state index contributed by atoms with van der Waals surface area (Å²) in [5.41, 5.74) is 2.64. The van der Waals surface area contributed by atoms with Crippen LogP contribution in [0.25, 0.3) is 0 Å². The van der Waals surface area contributed by atoms with Crippen molar-refractivity contribution in [3.05, 3.63) is 48.5 Å². The lowest BCUT2D eigenvalue weighted by Crippen LogP contribution is -2.29. The molecule has 0 bridgehead atoms. The molecule has 1 aliphatic rings. The van der Waals surface area contributed by atoms with Gasteiger partial charge in [0.05, 0.1) is 0 Å². The predicted molar refractivity (Wildman–Crippen MR) is 107 cm³/mol. The molecule has 2 aromatic carbocycles. The number of piperidine rings is 1. The lowest BCUT2D eigenvalue weighted by molar-refractivity contribution is -0.118. The highest BCUT2D eigenvalue weighted by Gasteiger charge is 2.11. The SMILES string of the molecule is CC(=O)Nc1ccc(OCC(=O)Nc2ccc(N3CCCCC3)cc2)cc1. The van der Waals surface area contributed by atoms with Gasteiger partial charge in [-0.05, 0) is 67.8 Å². The summed E-state index contributed by atoms with van der Waals surface area (Å²) in [7, 11) is 0. The number of nitrogens with zero attached hydrogens (tertiary/aromatic N) is 1. The molecule has 1 aliphatic heterocycles. The van der Waals surface area contributed by atoms with Crippen molar-refractivity contribution in [1.82, 2.24) is 0 Å². The first-order valence-corrected chi connectivity index (χ1v) is 9.25. The largest absolute Gasteiger partial charge is 0.484 e. The van der Waals surface area contributed by atoms with Crippen LogP contribution in [-0.4, -0.2) is 31.5 Å². The van der Waals surface area contributed by atoms with E-state index >= 15 is 0 Å². The zero-order valence-electron chi connectivity index (χ0n) is 15.5. The summed E-state index contributed by atoms with van der Waals surface area (Å²) in [5.74, 6) is 0.223. The summed E-state index contributed by atoms with van der Waals surface area (Å²) in [6, 6.07) is 14.8. The van der Waals surface area contributed by atoms with Crippen LogP contribution in [-0.2, 0) is 9.59 Å². The molecule has 6 heteroatoms. The number of hydrogen-bond donors (Lipinski definition) is 2. The van der Waals surface area contributed by atoms with Gasteiger partial charge in [0.15, 0.2) is 6.61 Å². The first-order chi connectivity index (χ1) is 13.1. The first kappa shape index (κ1) is 18.8. The molecule has 3 rings (SSSR count). The van der Waals surface area contributed by atoms with Crippen molar-refractivity contribution in [2.24, 2.45) is 0 Å². The molecule has 142 valence electrons. The minimum absolute atomic E-state index is 0.0760. The predicted octanol–water partition coefficient (Wildman–Crippen LogP) is 3.65. The minimum atomic E-state index is -0.216. The van der Waals surface area contributed by atoms with Crippen molar-refractivity contribution in [1.29, 1.82) is 0 Å². The van der Waals surface area contributed by atoms with Crippen molar-refractivity contribution in [2.75, 3.05) is 35.2 Å². The number of amides is 2. The topological polar surface area (TPSA) is 70.7 Å². The summed E-state index contributed by atoms with van der Waals surface area (Å²) >= 11 is 0. The molecule has 27 heavy (non-hydrogen) atoms. The van der Waals surface area contributed by atoms with E-state index in [0.29, 0.717) is 11.4 Å². The number of nitrogens with one attached hydrogen (secondary N) is 2. The molecule has 2 aromatic rings. The number of hydrogen-bond acceptors (Lipinski definition) is 4. The Bertz CT molecular complexity index is 766. The molecule has 1 fully saturated rings. The Morgan fingerprint density at radius 1 is 0.889 bits per heavy atom. The second kappa shape index (κ2) is 9.07. The summed E-state index contributed by atoms with van der Waals surface area (Å²) in [6.45, 7) is 3.57. The summed E-state index contributed by atoms with van der Waals surface area (Å²) in [5, 5.41) is 5.52. The Hall–Kier alpha value is -3.02. The molecule has 1 saturated heterocycles. The maximum absolute atomic E-state index is 12.1. The first-order valence-electron chi connectivity index (χ1n) is 9.25. The standard InChI is InChI=1S/C21H25N3O3/c1-16(25)22-17-7-11-20(12-8-17)27-15-21(26)23-18-5-9-19(10-6-18)24-13-3-2-4-14-24/h5-12H,2-4,13-15H2,1H3,(H,22,25)(H,23,26). The van der Waals surface area contributed by atoms with Gasteiger partial charge in [-0.15, -0.1) is 0 Å². The highest BCUT2D eigenvalue weighted by molar-refractivity contribution is 5.92. The number of rotatable bonds is 6. The molecule has 2 amide bonds. The van der Waals surface area contributed by atoms with Crippen LogP contribution in [0, 0.1) is 0 Å². The molecule has 0 radical (unpaired) electrons. The van der Waals surface area contributed by atoms with Crippen LogP contribution in [0.1, 0.15) is 26.2 Å². The van der Waals surface area contributed by atoms with Crippen molar-refractivity contribution in [3.63, 3.8) is 0 Å². The van der Waals surface area contributed by atoms with Crippen LogP contribution in [0.15, 0.2) is 48.5 Å². The third-order valence-corrected chi connectivity index (χ3v) is 4.42. The van der Waals surface area contributed by atoms with Crippen LogP contribution in [0.3, 0.4) is 0 Å². The van der Waals surface area contributed by atoms with Crippen molar-refractivity contribution < 1.29 is 14.3 Å². The normalized spacial score (nSPS) is 13.7. The Balaban J connectivity index is 1.46. The second-order valence-corrected chi connectivity index (χ2v) is 6.64. The number of ether oxygens (including phenoxy) is 1. The number of carbonyl (C=O) groups is 2. The lowest BCUT2D eigenvalue weighted by Gasteiger charge is -2.28. The Kier molecular flexibility index (Phi) is 6.30. The fourth-order valence-electron chi connectivity index (χ4n) is 3.09. The molecule has 0 aliphatic carbocycles. The fraction of sp³-hybridized carbons (Fsp3) is 0.333. The van der Waals surface area contributed by atoms with Gasteiger partial charge < -0.3 is 20.3 Å². The zero-order chi connectivity index (χ0) is 19.1. The van der Waals surface area contributed by atoms with E-state index in [-0.39, 0.29) is 18.4 Å². The lowest BCUT2D eigenvalue weighted by atomic mass is 10.1. The molecule has 0 spiro atoms. The van der Waals surface area contributed by atoms with E-state index in [1.54, 1.807) is 24.3 Å². The maximum Gasteiger partial charge on any atom is 0.262 e. The van der Waals surface area contributed by atoms with Crippen LogP contribution < -0.4 is 20.3 Å². The highest BCUT2D eigenvalue weighted by Crippen LogP contribution is 2.22. The van der Waals surface area contributed by atoms with Crippen LogP contribution in [0.2, 0.25) is 0 Å². The molecule has 1 heterocycles. The number of carbonyl (C=O) groups excluding carboxylic acids is 2. The van der Waals surface area contributed by atoms with E-state index in [4.69, 9.17) is 4.74 Å². The average Bonchev–Trinajstić information content (AvgIpc) is 2.68. The van der Waals surface area contributed by atoms with Crippen LogP contribution >= 0.6 is 0 Å². The van der Waals surface area contributed by atoms with Crippen molar-refractivity contribution in [3.8, 4) is 5.75 Å². The molecule has 0 atom stereocenters. The van der Waals surface area contributed by atoms with Gasteiger partial charge in [0.1, 0.15) is 5.75 Å². The Morgan fingerprint density at radius 2 is 1.48 bits per heavy atom. The third kappa shape index (κ3) is 5.74. The van der Waals surface area contributed by atoms with E-state index in [1.165, 1.54) is 31.9 Å². The Morgan fingerprint density at radius 3 is 2.11 bits per heavy atom. The monoisotopic (exact) mass is 367 g/mol. The van der Waals surface area contributed by atoms with E-state index in [0.717, 1.165) is 18.8 Å². The average molecular weight is 367 g/mol. The molecule has 2 N–H and O–H groups in total. The molecule has 0 unspecified atom stereocenters. The maximum atomic E-state index is 12.1. The Labute approximate surface area is 159 Å². The van der Waals surface area contributed by atoms with Gasteiger partial charge >= 0.3 is 0 Å². The summed E-state index contributed by atoms with van der Waals surface area (Å²) < 4.78 is 5.49. The van der Waals surface area contributed by atoms with Gasteiger partial charge in [0.2, 0.25) is 5.91 Å². The van der Waals surface area contributed by atoms with Crippen molar-refractivity contribution >= 4 is 28.9 Å². The fourth-order valence-corrected chi connectivity index (χ4v) is 3.09. The summed E-state index contributed by atoms with van der Waals surface area (Å²) in [6.07, 6.45) is 3.78. The second-order valence-electron chi connectivity index (χ2n) is 6.64. The summed E-state index contributed by atoms with van der Waals surface area (Å²) in [4.78, 5) is 25.5. The smallest absolute Gasteiger partial charge is 0.262 e. The van der Waals surface area contributed by atoms with Crippen LogP contribution in [0.5, 0.6) is 5.75 Å². The van der Waals surface area contributed by atoms with Gasteiger partial charge in [0, 0.05) is 37.1 Å². The van der Waals surface area contributed by atoms with E-state index in [9.17, 15) is 9.59 Å². The van der Waals surface area contributed by atoms with Gasteiger partial charge in [0.25, 0.3) is 5.91 Å². The van der Waals surface area contributed by atoms with Gasteiger partial charge in [-0.2, -0.15) is 0 Å². The molecule has 0 saturated carbocycles. The molecule has 6 nitrogen and oxygen atoms in total. The zero-order valence-corrected chi connectivity index (χ0v) is 15.5. The van der Waals surface area contributed by atoms with E-state index < -0.39 is 0 Å². The number of benzene rings is 2. The molecule has 0 aromatic heterocycles. The highest BCUT2D eigenvalue weighted by atomic mass is 16.5. The molecular formula is C21H25N3O3. The number of anilines is 3. The minimum Gasteiger partial charge on any atom is -0.484 e. The van der Waals surface area contributed by atoms with Crippen LogP contribution in [0.4, 0.5) is 17.1 Å². The molecular weight excluding hydrogens is 342 g/mol. The van der Waals surface area contributed by atoms with Gasteiger partial charge in [-0.3, -0.25) is 9.59 Å².